The smallest absolute Gasteiger partial charge is 0.194 e. The summed E-state index contributed by atoms with van der Waals surface area (Å²) in [5.41, 5.74) is 0.916. The topological polar surface area (TPSA) is 84.8 Å². The molecule has 0 spiro atoms. The summed E-state index contributed by atoms with van der Waals surface area (Å²) in [6.07, 6.45) is -3.04. The van der Waals surface area contributed by atoms with Crippen molar-refractivity contribution in [2.75, 3.05) is 20.5 Å². The van der Waals surface area contributed by atoms with Crippen LogP contribution in [0.15, 0.2) is 30.3 Å². The molecule has 3 aliphatic rings. The fourth-order valence-corrected chi connectivity index (χ4v) is 3.51. The first-order valence-electron chi connectivity index (χ1n) is 8.34. The fourth-order valence-electron chi connectivity index (χ4n) is 3.51. The van der Waals surface area contributed by atoms with Crippen molar-refractivity contribution in [2.24, 2.45) is 5.92 Å². The average molecular weight is 354 g/mol. The predicted molar refractivity (Wildman–Crippen MR) is 81.7 cm³/mol. The predicted octanol–water partition coefficient (Wildman–Crippen LogP) is 1.10. The van der Waals surface area contributed by atoms with E-state index in [0.29, 0.717) is 13.0 Å². The summed E-state index contributed by atoms with van der Waals surface area (Å²) in [4.78, 5) is 9.84. The number of fused-ring (bicyclic) bond motifs is 1. The van der Waals surface area contributed by atoms with E-state index in [2.05, 4.69) is 0 Å². The maximum Gasteiger partial charge on any atom is 0.194 e. The van der Waals surface area contributed by atoms with Gasteiger partial charge in [-0.2, -0.15) is 0 Å². The second-order valence-corrected chi connectivity index (χ2v) is 6.27. The standard InChI is InChI=1S/C17H22O8/c1-19-17-14(18)11(7-13-21-9-22-25-13)15-12(23-17)8-20-16(24-15)10-5-3-2-4-6-10/h2-6,11-18H,7-9H2,1H3/t11-,12-,13?,14-,15+,16-,17+/m1/s1. The average Bonchev–Trinajstić information content (AvgIpc) is 3.17. The number of ether oxygens (including phenoxy) is 5. The Morgan fingerprint density at radius 3 is 2.72 bits per heavy atom. The number of aliphatic hydroxyl groups excluding tert-OH is 1. The molecular formula is C17H22O8. The second-order valence-electron chi connectivity index (χ2n) is 6.27. The van der Waals surface area contributed by atoms with E-state index < -0.39 is 25.0 Å². The minimum absolute atomic E-state index is 0.0718. The Bertz CT molecular complexity index is 549. The molecule has 3 aliphatic heterocycles. The van der Waals surface area contributed by atoms with Gasteiger partial charge in [-0.3, -0.25) is 0 Å². The molecule has 1 aromatic carbocycles. The first kappa shape index (κ1) is 17.3. The van der Waals surface area contributed by atoms with E-state index in [9.17, 15) is 5.11 Å². The van der Waals surface area contributed by atoms with Crippen molar-refractivity contribution in [1.29, 1.82) is 0 Å². The van der Waals surface area contributed by atoms with Gasteiger partial charge in [-0.1, -0.05) is 30.3 Å². The molecule has 0 saturated carbocycles. The highest BCUT2D eigenvalue weighted by atomic mass is 17.3. The molecule has 1 unspecified atom stereocenters. The molecule has 0 amide bonds. The van der Waals surface area contributed by atoms with Crippen LogP contribution in [-0.2, 0) is 33.5 Å². The molecule has 0 bridgehead atoms. The summed E-state index contributed by atoms with van der Waals surface area (Å²) in [6, 6.07) is 9.67. The minimum Gasteiger partial charge on any atom is -0.387 e. The first-order chi connectivity index (χ1) is 12.3. The maximum atomic E-state index is 10.7. The SMILES string of the molecule is CO[C@H]1O[C@@H]2CO[C@@H](c3ccccc3)O[C@H]2[C@H](CC2OCOO2)[C@H]1O. The van der Waals surface area contributed by atoms with Crippen molar-refractivity contribution in [3.63, 3.8) is 0 Å². The third kappa shape index (κ3) is 3.57. The molecule has 0 radical (unpaired) electrons. The van der Waals surface area contributed by atoms with Crippen LogP contribution in [0.5, 0.6) is 0 Å². The van der Waals surface area contributed by atoms with E-state index in [4.69, 9.17) is 33.5 Å². The lowest BCUT2D eigenvalue weighted by atomic mass is 9.85. The molecular weight excluding hydrogens is 332 g/mol. The van der Waals surface area contributed by atoms with Gasteiger partial charge < -0.3 is 28.8 Å². The summed E-state index contributed by atoms with van der Waals surface area (Å²) in [5, 5.41) is 10.7. The molecule has 25 heavy (non-hydrogen) atoms. The van der Waals surface area contributed by atoms with E-state index in [1.54, 1.807) is 0 Å². The Balaban J connectivity index is 1.53. The molecule has 3 heterocycles. The van der Waals surface area contributed by atoms with Gasteiger partial charge in [0, 0.05) is 25.0 Å². The van der Waals surface area contributed by atoms with E-state index in [0.717, 1.165) is 5.56 Å². The first-order valence-corrected chi connectivity index (χ1v) is 8.34. The van der Waals surface area contributed by atoms with E-state index in [1.165, 1.54) is 7.11 Å². The summed E-state index contributed by atoms with van der Waals surface area (Å²) < 4.78 is 28.4. The summed E-state index contributed by atoms with van der Waals surface area (Å²) in [7, 11) is 1.49. The van der Waals surface area contributed by atoms with Crippen LogP contribution in [0.3, 0.4) is 0 Å². The molecule has 0 aliphatic carbocycles. The van der Waals surface area contributed by atoms with E-state index in [1.807, 2.05) is 30.3 Å². The minimum atomic E-state index is -0.881. The molecule has 7 atom stereocenters. The highest BCUT2D eigenvalue weighted by Crippen LogP contribution is 2.39. The van der Waals surface area contributed by atoms with Crippen molar-refractivity contribution in [2.45, 2.75) is 43.6 Å². The number of benzene rings is 1. The Labute approximate surface area is 145 Å². The Kier molecular flexibility index (Phi) is 5.30. The quantitative estimate of drug-likeness (QED) is 0.805. The zero-order valence-corrected chi connectivity index (χ0v) is 13.9. The number of aliphatic hydroxyl groups is 1. The van der Waals surface area contributed by atoms with Crippen molar-refractivity contribution < 1.29 is 38.6 Å². The molecule has 3 fully saturated rings. The highest BCUT2D eigenvalue weighted by molar-refractivity contribution is 5.16. The van der Waals surface area contributed by atoms with Gasteiger partial charge in [0.1, 0.15) is 12.2 Å². The Hall–Kier alpha value is -1.10. The molecule has 0 aromatic heterocycles. The van der Waals surface area contributed by atoms with Crippen LogP contribution in [0.2, 0.25) is 0 Å². The zero-order valence-electron chi connectivity index (χ0n) is 13.9. The number of methoxy groups -OCH3 is 1. The van der Waals surface area contributed by atoms with Gasteiger partial charge in [-0.05, 0) is 0 Å². The fraction of sp³-hybridized carbons (Fsp3) is 0.647. The molecule has 8 heteroatoms. The molecule has 138 valence electrons. The Morgan fingerprint density at radius 1 is 1.16 bits per heavy atom. The van der Waals surface area contributed by atoms with Gasteiger partial charge in [-0.25, -0.2) is 9.78 Å². The van der Waals surface area contributed by atoms with Crippen molar-refractivity contribution in [1.82, 2.24) is 0 Å². The van der Waals surface area contributed by atoms with Gasteiger partial charge >= 0.3 is 0 Å². The molecule has 3 saturated heterocycles. The maximum absolute atomic E-state index is 10.7. The lowest BCUT2D eigenvalue weighted by Gasteiger charge is -2.48. The largest absolute Gasteiger partial charge is 0.387 e. The summed E-state index contributed by atoms with van der Waals surface area (Å²) >= 11 is 0. The van der Waals surface area contributed by atoms with Crippen molar-refractivity contribution >= 4 is 0 Å². The van der Waals surface area contributed by atoms with Crippen LogP contribution in [0, 0.1) is 5.92 Å². The third-order valence-corrected chi connectivity index (χ3v) is 4.75. The van der Waals surface area contributed by atoms with Crippen LogP contribution >= 0.6 is 0 Å². The second kappa shape index (κ2) is 7.65. The van der Waals surface area contributed by atoms with Crippen LogP contribution in [-0.4, -0.2) is 56.5 Å². The summed E-state index contributed by atoms with van der Waals surface area (Å²) in [5.74, 6) is -0.314. The molecule has 1 aromatic rings. The number of hydrogen-bond donors (Lipinski definition) is 1. The van der Waals surface area contributed by atoms with Gasteiger partial charge in [0.2, 0.25) is 0 Å². The van der Waals surface area contributed by atoms with E-state index >= 15 is 0 Å². The van der Waals surface area contributed by atoms with Crippen LogP contribution < -0.4 is 0 Å². The van der Waals surface area contributed by atoms with Crippen LogP contribution in [0.1, 0.15) is 18.3 Å². The number of rotatable bonds is 4. The van der Waals surface area contributed by atoms with Crippen molar-refractivity contribution in [3.8, 4) is 0 Å². The monoisotopic (exact) mass is 354 g/mol. The highest BCUT2D eigenvalue weighted by Gasteiger charge is 2.50. The lowest BCUT2D eigenvalue weighted by molar-refractivity contribution is -0.357. The van der Waals surface area contributed by atoms with Gasteiger partial charge in [-0.15, -0.1) is 0 Å². The van der Waals surface area contributed by atoms with Crippen LogP contribution in [0.4, 0.5) is 0 Å². The summed E-state index contributed by atoms with van der Waals surface area (Å²) in [6.45, 7) is 0.415. The molecule has 4 rings (SSSR count). The normalized spacial score (nSPS) is 41.4. The van der Waals surface area contributed by atoms with Gasteiger partial charge in [0.05, 0.1) is 12.7 Å². The molecule has 8 nitrogen and oxygen atoms in total. The lowest BCUT2D eigenvalue weighted by Crippen LogP contribution is -2.59. The molecule has 1 N–H and O–H groups in total. The van der Waals surface area contributed by atoms with Gasteiger partial charge in [0.25, 0.3) is 0 Å². The number of hydrogen-bond acceptors (Lipinski definition) is 8. The Morgan fingerprint density at radius 2 is 2.00 bits per heavy atom. The van der Waals surface area contributed by atoms with Crippen molar-refractivity contribution in [3.05, 3.63) is 35.9 Å². The van der Waals surface area contributed by atoms with Gasteiger partial charge in [0.15, 0.2) is 25.7 Å². The third-order valence-electron chi connectivity index (χ3n) is 4.75. The van der Waals surface area contributed by atoms with E-state index in [-0.39, 0.29) is 24.9 Å². The van der Waals surface area contributed by atoms with Crippen LogP contribution in [0.25, 0.3) is 0 Å². The zero-order chi connectivity index (χ0) is 17.2.